The second-order valence-corrected chi connectivity index (χ2v) is 18.3. The summed E-state index contributed by atoms with van der Waals surface area (Å²) in [5.41, 5.74) is 3.05. The molecule has 8 N–H and O–H groups in total. The molecule has 16 rings (SSSR count). The first-order valence-corrected chi connectivity index (χ1v) is 23.2. The molecule has 4 saturated heterocycles. The summed E-state index contributed by atoms with van der Waals surface area (Å²) in [7, 11) is 0. The van der Waals surface area contributed by atoms with E-state index >= 15 is 0 Å². The summed E-state index contributed by atoms with van der Waals surface area (Å²) >= 11 is 0. The van der Waals surface area contributed by atoms with Crippen LogP contribution in [0.1, 0.15) is 24.9 Å². The highest BCUT2D eigenvalue weighted by Crippen LogP contribution is 2.37. The van der Waals surface area contributed by atoms with Crippen LogP contribution in [0, 0.1) is 25.7 Å². The summed E-state index contributed by atoms with van der Waals surface area (Å²) in [5, 5.41) is 111. The molecule has 76 heavy (non-hydrogen) atoms. The van der Waals surface area contributed by atoms with Gasteiger partial charge in [0.25, 0.3) is 22.2 Å². The van der Waals surface area contributed by atoms with Gasteiger partial charge in [-0.15, -0.1) is 46.1 Å². The van der Waals surface area contributed by atoms with Crippen molar-refractivity contribution in [3.05, 3.63) is 89.9 Å². The van der Waals surface area contributed by atoms with Gasteiger partial charge in [0, 0.05) is 24.3 Å². The van der Waals surface area contributed by atoms with Gasteiger partial charge >= 0.3 is 0 Å². The van der Waals surface area contributed by atoms with Crippen molar-refractivity contribution >= 4 is 44.7 Å². The van der Waals surface area contributed by atoms with Crippen LogP contribution in [0.4, 0.5) is 0 Å². The highest BCUT2D eigenvalue weighted by molar-refractivity contribution is 5.72. The number of aromatic nitrogens is 16. The van der Waals surface area contributed by atoms with Crippen molar-refractivity contribution in [1.82, 2.24) is 78.2 Å². The van der Waals surface area contributed by atoms with E-state index in [1.165, 1.54) is 61.3 Å². The number of ether oxygens (including phenoxy) is 4. The lowest BCUT2D eigenvalue weighted by atomic mass is 10.1. The zero-order chi connectivity index (χ0) is 53.8. The number of fused-ring (bicyclic) bond motifs is 12. The van der Waals surface area contributed by atoms with Gasteiger partial charge in [0.15, 0.2) is 47.5 Å². The second kappa shape index (κ2) is 19.0. The molecular formula is C44H44N16O16. The van der Waals surface area contributed by atoms with Crippen molar-refractivity contribution in [1.29, 1.82) is 0 Å². The van der Waals surface area contributed by atoms with E-state index in [1.54, 1.807) is 24.3 Å². The Labute approximate surface area is 421 Å². The summed E-state index contributed by atoms with van der Waals surface area (Å²) in [6.45, 7) is 1.03. The fraction of sp³-hybridized carbons (Fsp3) is 0.455. The van der Waals surface area contributed by atoms with Crippen molar-refractivity contribution in [3.8, 4) is 25.7 Å². The van der Waals surface area contributed by atoms with Crippen molar-refractivity contribution in [2.45, 2.75) is 124 Å². The molecular weight excluding hydrogens is 1010 g/mol. The van der Waals surface area contributed by atoms with Gasteiger partial charge in [-0.1, -0.05) is 20.9 Å². The van der Waals surface area contributed by atoms with Crippen molar-refractivity contribution in [2.75, 3.05) is 0 Å². The normalized spacial score (nSPS) is 32.2. The average molecular weight is 1050 g/mol. The topological polar surface area (TPSA) is 410 Å². The molecule has 8 aromatic rings. The summed E-state index contributed by atoms with van der Waals surface area (Å²) < 4.78 is 33.4. The number of terminal acetylenes is 2. The molecule has 0 saturated carbocycles. The van der Waals surface area contributed by atoms with Gasteiger partial charge in [0.1, 0.15) is 95.3 Å². The molecule has 16 atom stereocenters. The Kier molecular flexibility index (Phi) is 12.6. The van der Waals surface area contributed by atoms with Gasteiger partial charge in [0.05, 0.1) is 26.2 Å². The lowest BCUT2D eigenvalue weighted by molar-refractivity contribution is -0.0351. The molecule has 0 aromatic carbocycles. The summed E-state index contributed by atoms with van der Waals surface area (Å²) in [6, 6.07) is 11.7. The van der Waals surface area contributed by atoms with Crippen LogP contribution < -0.4 is 22.2 Å². The molecule has 8 bridgehead atoms. The van der Waals surface area contributed by atoms with Crippen molar-refractivity contribution in [2.24, 2.45) is 0 Å². The first kappa shape index (κ1) is 50.2. The van der Waals surface area contributed by atoms with Crippen molar-refractivity contribution < 1.29 is 59.8 Å². The molecule has 8 unspecified atom stereocenters. The van der Waals surface area contributed by atoms with Crippen LogP contribution in [0.3, 0.4) is 0 Å². The van der Waals surface area contributed by atoms with Gasteiger partial charge < -0.3 is 59.8 Å². The number of aliphatic hydroxyl groups is 8. The first-order valence-electron chi connectivity index (χ1n) is 23.2. The molecule has 4 fully saturated rings. The van der Waals surface area contributed by atoms with Gasteiger partial charge in [-0.05, 0) is 24.3 Å². The molecule has 8 aliphatic rings. The van der Waals surface area contributed by atoms with Crippen LogP contribution >= 0.6 is 0 Å². The number of rotatable bonds is 0. The predicted octanol–water partition coefficient (Wildman–Crippen LogP) is -6.60. The fourth-order valence-corrected chi connectivity index (χ4v) is 10.6. The van der Waals surface area contributed by atoms with E-state index in [-0.39, 0.29) is 48.4 Å². The van der Waals surface area contributed by atoms with Crippen molar-refractivity contribution in [3.63, 3.8) is 0 Å². The maximum absolute atomic E-state index is 12.0. The van der Waals surface area contributed by atoms with Crippen LogP contribution in [0.5, 0.6) is 0 Å². The highest BCUT2D eigenvalue weighted by Gasteiger charge is 2.50. The zero-order valence-electron chi connectivity index (χ0n) is 39.0. The average Bonchev–Trinajstić information content (AvgIpc) is 4.30. The Morgan fingerprint density at radius 1 is 0.342 bits per heavy atom. The molecule has 0 amide bonds. The minimum absolute atomic E-state index is 0.259. The third-order valence-corrected chi connectivity index (χ3v) is 14.1. The van der Waals surface area contributed by atoms with E-state index < -0.39 is 98.2 Å². The third kappa shape index (κ3) is 7.58. The molecule has 32 nitrogen and oxygen atoms in total. The van der Waals surface area contributed by atoms with E-state index in [2.05, 4.69) is 66.9 Å². The van der Waals surface area contributed by atoms with Crippen LogP contribution in [0.15, 0.2) is 67.7 Å². The van der Waals surface area contributed by atoms with E-state index in [0.717, 1.165) is 0 Å². The van der Waals surface area contributed by atoms with Gasteiger partial charge in [-0.2, -0.15) is 0 Å². The molecule has 396 valence electrons. The third-order valence-electron chi connectivity index (χ3n) is 14.1. The van der Waals surface area contributed by atoms with E-state index in [9.17, 15) is 60.0 Å². The van der Waals surface area contributed by atoms with Crippen LogP contribution in [0.2, 0.25) is 0 Å². The lowest BCUT2D eigenvalue weighted by Gasteiger charge is -2.19. The number of nitrogens with zero attached hydrogens (tertiary/aromatic N) is 16. The fourth-order valence-electron chi connectivity index (χ4n) is 10.6. The number of aliphatic hydroxyl groups excluding tert-OH is 8. The first-order chi connectivity index (χ1) is 36.7. The monoisotopic (exact) mass is 1050 g/mol. The van der Waals surface area contributed by atoms with Gasteiger partial charge in [-0.25, -0.2) is 18.7 Å². The lowest BCUT2D eigenvalue weighted by Crippen LogP contribution is -2.38. The molecule has 0 radical (unpaired) electrons. The Morgan fingerprint density at radius 3 is 0.737 bits per heavy atom. The second-order valence-electron chi connectivity index (χ2n) is 18.3. The SMILES string of the molecule is C#C.C#C.O=c1ccc2nnn3c2n1C1OC(C3)[C@@H](O)C1O.O=c1ccc2nnn3c2n1C1OC(C3)[C@H](O)C1O.O=c1ccc2nnn3c2n1[C@@H]1O[C@H](C3)[C@H](O)C1O.O=c1ccc2nnn3c2n1[C@H]1O[C@@H](C3)[C@@H](O)C1O. The largest absolute Gasteiger partial charge is 0.387 e. The predicted molar refractivity (Wildman–Crippen MR) is 251 cm³/mol. The van der Waals surface area contributed by atoms with Gasteiger partial charge in [-0.3, -0.25) is 37.4 Å². The molecule has 32 heteroatoms. The van der Waals surface area contributed by atoms with E-state index in [4.69, 9.17) is 18.9 Å². The Morgan fingerprint density at radius 2 is 0.539 bits per heavy atom. The quantitative estimate of drug-likeness (QED) is 0.0655. The molecule has 8 aromatic heterocycles. The molecule has 8 aliphatic heterocycles. The molecule has 16 heterocycles. The molecule has 0 aliphatic carbocycles. The van der Waals surface area contributed by atoms with E-state index in [0.29, 0.717) is 44.7 Å². The maximum atomic E-state index is 12.0. The molecule has 0 spiro atoms. The van der Waals surface area contributed by atoms with Gasteiger partial charge in [0.2, 0.25) is 0 Å². The van der Waals surface area contributed by atoms with E-state index in [1.807, 2.05) is 0 Å². The number of hydrogen-bond donors (Lipinski definition) is 8. The van der Waals surface area contributed by atoms with Crippen LogP contribution in [0.25, 0.3) is 44.7 Å². The number of hydrogen-bond acceptors (Lipinski definition) is 24. The smallest absolute Gasteiger partial charge is 0.254 e. The van der Waals surface area contributed by atoms with Crippen LogP contribution in [-0.2, 0) is 45.1 Å². The standard InChI is InChI=1S/4C10H10N4O4.2C2H2/c4*15-6-2-1-4-9-13(12-11-4)3-5-7(16)8(17)10(18-5)14(6)9;2*1-2/h4*1-2,5,7-8,10,16-17H,3H2;2*1-2H/t2*5?,7-,8?,10?;2*5-,7+,8?,10-;;/m1010../s1. The Bertz CT molecular complexity index is 3350. The Hall–Kier alpha value is -7.96. The number of pyridine rings is 4. The summed E-state index contributed by atoms with van der Waals surface area (Å²) in [4.78, 5) is 47.8. The minimum Gasteiger partial charge on any atom is -0.387 e. The maximum Gasteiger partial charge on any atom is 0.254 e. The Balaban J connectivity index is 0.000000106. The zero-order valence-corrected chi connectivity index (χ0v) is 39.0. The highest BCUT2D eigenvalue weighted by atomic mass is 16.6. The van der Waals surface area contributed by atoms with Crippen LogP contribution in [-0.4, -0.2) is 192 Å². The summed E-state index contributed by atoms with van der Waals surface area (Å²) in [6.07, 6.45) is 1.47. The minimum atomic E-state index is -1.12. The summed E-state index contributed by atoms with van der Waals surface area (Å²) in [5.74, 6) is 0.